The zero-order valence-electron chi connectivity index (χ0n) is 9.89. The molecule has 0 aliphatic rings. The lowest BCUT2D eigenvalue weighted by Crippen LogP contribution is -2.10. The minimum Gasteiger partial charge on any atom is -0.166 e. The summed E-state index contributed by atoms with van der Waals surface area (Å²) in [7, 11) is 0. The van der Waals surface area contributed by atoms with E-state index in [0.29, 0.717) is 0 Å². The van der Waals surface area contributed by atoms with Crippen LogP contribution in [0.1, 0.15) is 5.56 Å². The molecule has 0 spiro atoms. The standard InChI is InChI=1S/C15H11F3S/c16-15(17,18)14(12-7-3-1-4-8-12)11-19-13-9-5-2-6-10-13/h1-11H/b14-11-. The second kappa shape index (κ2) is 5.97. The van der Waals surface area contributed by atoms with Crippen molar-refractivity contribution in [1.29, 1.82) is 0 Å². The Morgan fingerprint density at radius 1 is 0.842 bits per heavy atom. The van der Waals surface area contributed by atoms with Crippen LogP contribution in [0.2, 0.25) is 0 Å². The molecule has 0 heterocycles. The Morgan fingerprint density at radius 3 is 1.89 bits per heavy atom. The van der Waals surface area contributed by atoms with Crippen LogP contribution in [0.4, 0.5) is 13.2 Å². The van der Waals surface area contributed by atoms with Crippen LogP contribution in [0.3, 0.4) is 0 Å². The van der Waals surface area contributed by atoms with Crippen molar-refractivity contribution in [3.05, 3.63) is 71.6 Å². The van der Waals surface area contributed by atoms with Crippen LogP contribution >= 0.6 is 11.8 Å². The number of hydrogen-bond donors (Lipinski definition) is 0. The van der Waals surface area contributed by atoms with Crippen molar-refractivity contribution >= 4 is 17.3 Å². The van der Waals surface area contributed by atoms with Crippen LogP contribution in [0.5, 0.6) is 0 Å². The molecule has 0 aromatic heterocycles. The van der Waals surface area contributed by atoms with E-state index in [1.807, 2.05) is 6.07 Å². The van der Waals surface area contributed by atoms with E-state index in [1.54, 1.807) is 42.5 Å². The molecule has 4 heteroatoms. The molecule has 0 saturated carbocycles. The summed E-state index contributed by atoms with van der Waals surface area (Å²) < 4.78 is 39.1. The predicted octanol–water partition coefficient (Wildman–Crippen LogP) is 5.38. The Balaban J connectivity index is 2.29. The molecule has 0 unspecified atom stereocenters. The van der Waals surface area contributed by atoms with Crippen molar-refractivity contribution in [2.75, 3.05) is 0 Å². The number of alkyl halides is 3. The molecule has 19 heavy (non-hydrogen) atoms. The Labute approximate surface area is 114 Å². The van der Waals surface area contributed by atoms with Gasteiger partial charge in [-0.15, -0.1) is 0 Å². The second-order valence-corrected chi connectivity index (χ2v) is 4.77. The van der Waals surface area contributed by atoms with Crippen molar-refractivity contribution in [2.45, 2.75) is 11.1 Å². The van der Waals surface area contributed by atoms with E-state index in [-0.39, 0.29) is 5.56 Å². The van der Waals surface area contributed by atoms with Gasteiger partial charge in [-0.3, -0.25) is 0 Å². The van der Waals surface area contributed by atoms with Gasteiger partial charge in [-0.25, -0.2) is 0 Å². The van der Waals surface area contributed by atoms with Gasteiger partial charge in [-0.05, 0) is 23.1 Å². The molecule has 0 radical (unpaired) electrons. The normalized spacial score (nSPS) is 12.5. The molecule has 0 N–H and O–H groups in total. The molecule has 2 aromatic carbocycles. The van der Waals surface area contributed by atoms with Gasteiger partial charge < -0.3 is 0 Å². The smallest absolute Gasteiger partial charge is 0.166 e. The van der Waals surface area contributed by atoms with Gasteiger partial charge in [-0.1, -0.05) is 60.3 Å². The van der Waals surface area contributed by atoms with Crippen molar-refractivity contribution in [1.82, 2.24) is 0 Å². The topological polar surface area (TPSA) is 0 Å². The molecule has 0 aliphatic heterocycles. The monoisotopic (exact) mass is 280 g/mol. The van der Waals surface area contributed by atoms with Crippen molar-refractivity contribution < 1.29 is 13.2 Å². The number of benzene rings is 2. The van der Waals surface area contributed by atoms with Crippen LogP contribution < -0.4 is 0 Å². The van der Waals surface area contributed by atoms with Gasteiger partial charge in [-0.2, -0.15) is 13.2 Å². The van der Waals surface area contributed by atoms with Crippen LogP contribution in [0, 0.1) is 0 Å². The molecule has 0 fully saturated rings. The second-order valence-electron chi connectivity index (χ2n) is 3.83. The average Bonchev–Trinajstić information content (AvgIpc) is 2.40. The minimum atomic E-state index is -4.36. The predicted molar refractivity (Wildman–Crippen MR) is 72.8 cm³/mol. The summed E-state index contributed by atoms with van der Waals surface area (Å²) >= 11 is 1.07. The first-order chi connectivity index (χ1) is 9.07. The third-order valence-corrected chi connectivity index (χ3v) is 3.34. The molecule has 0 bridgehead atoms. The number of hydrogen-bond acceptors (Lipinski definition) is 1. The molecule has 2 aromatic rings. The lowest BCUT2D eigenvalue weighted by molar-refractivity contribution is -0.0687. The fraction of sp³-hybridized carbons (Fsp3) is 0.0667. The summed E-state index contributed by atoms with van der Waals surface area (Å²) in [6.45, 7) is 0. The molecular formula is C15H11F3S. The molecule has 0 nitrogen and oxygen atoms in total. The quantitative estimate of drug-likeness (QED) is 0.680. The highest BCUT2D eigenvalue weighted by molar-refractivity contribution is 8.02. The first kappa shape index (κ1) is 13.7. The first-order valence-corrected chi connectivity index (χ1v) is 6.50. The molecule has 98 valence electrons. The highest BCUT2D eigenvalue weighted by Gasteiger charge is 2.34. The van der Waals surface area contributed by atoms with E-state index in [2.05, 4.69) is 0 Å². The molecule has 0 aliphatic carbocycles. The van der Waals surface area contributed by atoms with E-state index in [0.717, 1.165) is 22.1 Å². The summed E-state index contributed by atoms with van der Waals surface area (Å²) in [6.07, 6.45) is -4.36. The van der Waals surface area contributed by atoms with Gasteiger partial charge in [0.15, 0.2) is 0 Å². The Kier molecular flexibility index (Phi) is 4.32. The average molecular weight is 280 g/mol. The highest BCUT2D eigenvalue weighted by atomic mass is 32.2. The zero-order chi connectivity index (χ0) is 13.7. The first-order valence-electron chi connectivity index (χ1n) is 5.62. The van der Waals surface area contributed by atoms with E-state index in [1.165, 1.54) is 12.1 Å². The van der Waals surface area contributed by atoms with Gasteiger partial charge in [0.2, 0.25) is 0 Å². The molecular weight excluding hydrogens is 269 g/mol. The van der Waals surface area contributed by atoms with Gasteiger partial charge >= 0.3 is 6.18 Å². The lowest BCUT2D eigenvalue weighted by Gasteiger charge is -2.11. The third-order valence-electron chi connectivity index (χ3n) is 2.45. The van der Waals surface area contributed by atoms with Crippen LogP contribution in [0.25, 0.3) is 5.57 Å². The summed E-state index contributed by atoms with van der Waals surface area (Å²) in [5.74, 6) is 0. The Bertz CT molecular complexity index is 545. The molecule has 2 rings (SSSR count). The van der Waals surface area contributed by atoms with E-state index >= 15 is 0 Å². The molecule has 0 saturated heterocycles. The fourth-order valence-electron chi connectivity index (χ4n) is 1.54. The minimum absolute atomic E-state index is 0.179. The zero-order valence-corrected chi connectivity index (χ0v) is 10.7. The highest BCUT2D eigenvalue weighted by Crippen LogP contribution is 2.36. The van der Waals surface area contributed by atoms with E-state index < -0.39 is 11.7 Å². The number of rotatable bonds is 3. The maximum Gasteiger partial charge on any atom is 0.417 e. The summed E-state index contributed by atoms with van der Waals surface area (Å²) in [5.41, 5.74) is -0.444. The van der Waals surface area contributed by atoms with E-state index in [4.69, 9.17) is 0 Å². The van der Waals surface area contributed by atoms with Gasteiger partial charge in [0.05, 0.1) is 5.57 Å². The number of allylic oxidation sites excluding steroid dienone is 1. The maximum absolute atomic E-state index is 13.0. The van der Waals surface area contributed by atoms with E-state index in [9.17, 15) is 13.2 Å². The molecule has 0 amide bonds. The van der Waals surface area contributed by atoms with Crippen molar-refractivity contribution in [2.24, 2.45) is 0 Å². The van der Waals surface area contributed by atoms with Crippen LogP contribution in [-0.4, -0.2) is 6.18 Å². The number of thioether (sulfide) groups is 1. The SMILES string of the molecule is FC(F)(F)/C(=C\Sc1ccccc1)c1ccccc1. The summed E-state index contributed by atoms with van der Waals surface area (Å²) in [4.78, 5) is 0.778. The van der Waals surface area contributed by atoms with Crippen molar-refractivity contribution in [3.63, 3.8) is 0 Å². The van der Waals surface area contributed by atoms with Crippen LogP contribution in [0.15, 0.2) is 71.0 Å². The van der Waals surface area contributed by atoms with Gasteiger partial charge in [0.25, 0.3) is 0 Å². The van der Waals surface area contributed by atoms with Gasteiger partial charge in [0.1, 0.15) is 0 Å². The van der Waals surface area contributed by atoms with Crippen molar-refractivity contribution in [3.8, 4) is 0 Å². The van der Waals surface area contributed by atoms with Crippen LogP contribution in [-0.2, 0) is 0 Å². The molecule has 0 atom stereocenters. The Morgan fingerprint density at radius 2 is 1.37 bits per heavy atom. The fourth-order valence-corrected chi connectivity index (χ4v) is 2.38. The largest absolute Gasteiger partial charge is 0.417 e. The summed E-state index contributed by atoms with van der Waals surface area (Å²) in [5, 5.41) is 1.16. The number of halogens is 3. The third kappa shape index (κ3) is 3.89. The van der Waals surface area contributed by atoms with Gasteiger partial charge in [0, 0.05) is 4.90 Å². The lowest BCUT2D eigenvalue weighted by atomic mass is 10.1. The maximum atomic E-state index is 13.0. The Hall–Kier alpha value is -1.68. The summed E-state index contributed by atoms with van der Waals surface area (Å²) in [6, 6.07) is 16.8.